The van der Waals surface area contributed by atoms with E-state index in [2.05, 4.69) is 17.2 Å². The normalized spacial score (nSPS) is 19.1. The van der Waals surface area contributed by atoms with Crippen molar-refractivity contribution in [1.82, 2.24) is 0 Å². The Morgan fingerprint density at radius 1 is 1.45 bits per heavy atom. The number of alkyl halides is 3. The van der Waals surface area contributed by atoms with Crippen LogP contribution in [0.3, 0.4) is 0 Å². The second-order valence-corrected chi connectivity index (χ2v) is 6.19. The molecule has 1 aromatic carbocycles. The Balaban J connectivity index is 2.04. The summed E-state index contributed by atoms with van der Waals surface area (Å²) in [6.45, 7) is 2.85. The van der Waals surface area contributed by atoms with Crippen LogP contribution < -0.4 is 5.32 Å². The van der Waals surface area contributed by atoms with Crippen LogP contribution in [-0.2, 0) is 6.18 Å². The van der Waals surface area contributed by atoms with Crippen molar-refractivity contribution in [3.8, 4) is 0 Å². The van der Waals surface area contributed by atoms with Gasteiger partial charge in [0.05, 0.1) is 22.8 Å². The van der Waals surface area contributed by atoms with Crippen LogP contribution in [0, 0.1) is 0 Å². The van der Waals surface area contributed by atoms with Crippen LogP contribution in [0.2, 0.25) is 5.02 Å². The van der Waals surface area contributed by atoms with Gasteiger partial charge >= 0.3 is 6.18 Å². The van der Waals surface area contributed by atoms with Crippen molar-refractivity contribution in [3.63, 3.8) is 0 Å². The van der Waals surface area contributed by atoms with E-state index in [4.69, 9.17) is 11.6 Å². The van der Waals surface area contributed by atoms with Crippen LogP contribution in [0.15, 0.2) is 23.2 Å². The zero-order valence-electron chi connectivity index (χ0n) is 10.8. The van der Waals surface area contributed by atoms with E-state index in [1.54, 1.807) is 11.8 Å². The van der Waals surface area contributed by atoms with E-state index < -0.39 is 11.7 Å². The van der Waals surface area contributed by atoms with Crippen LogP contribution in [0.5, 0.6) is 0 Å². The lowest BCUT2D eigenvalue weighted by molar-refractivity contribution is -0.137. The lowest BCUT2D eigenvalue weighted by Crippen LogP contribution is -2.09. The summed E-state index contributed by atoms with van der Waals surface area (Å²) < 4.78 is 37.6. The van der Waals surface area contributed by atoms with Gasteiger partial charge in [0.2, 0.25) is 0 Å². The Bertz CT molecular complexity index is 517. The molecule has 0 fully saturated rings. The first-order chi connectivity index (χ1) is 9.40. The Morgan fingerprint density at radius 2 is 2.20 bits per heavy atom. The van der Waals surface area contributed by atoms with Crippen LogP contribution in [0.4, 0.5) is 18.9 Å². The highest BCUT2D eigenvalue weighted by atomic mass is 35.5. The topological polar surface area (TPSA) is 24.4 Å². The number of thioether (sulfide) groups is 1. The number of halogens is 4. The predicted octanol–water partition coefficient (Wildman–Crippen LogP) is 5.04. The molecule has 2 nitrogen and oxygen atoms in total. The van der Waals surface area contributed by atoms with Crippen molar-refractivity contribution in [3.05, 3.63) is 28.8 Å². The number of amidine groups is 1. The molecule has 7 heteroatoms. The van der Waals surface area contributed by atoms with Crippen molar-refractivity contribution < 1.29 is 13.2 Å². The number of nitrogens with one attached hydrogen (secondary N) is 1. The monoisotopic (exact) mass is 322 g/mol. The van der Waals surface area contributed by atoms with Crippen molar-refractivity contribution in [2.75, 3.05) is 11.9 Å². The van der Waals surface area contributed by atoms with Crippen LogP contribution in [-0.4, -0.2) is 17.0 Å². The molecule has 1 heterocycles. The van der Waals surface area contributed by atoms with Crippen LogP contribution >= 0.6 is 23.4 Å². The Hall–Kier alpha value is -0.880. The quantitative estimate of drug-likeness (QED) is 0.842. The number of rotatable bonds is 3. The highest BCUT2D eigenvalue weighted by Crippen LogP contribution is 2.34. The van der Waals surface area contributed by atoms with Gasteiger partial charge in [0.1, 0.15) is 0 Å². The molecule has 2 rings (SSSR count). The molecule has 0 radical (unpaired) electrons. The van der Waals surface area contributed by atoms with E-state index in [0.29, 0.717) is 16.1 Å². The van der Waals surface area contributed by atoms with Crippen molar-refractivity contribution in [2.24, 2.45) is 4.99 Å². The number of anilines is 1. The summed E-state index contributed by atoms with van der Waals surface area (Å²) in [5, 5.41) is 4.19. The van der Waals surface area contributed by atoms with Gasteiger partial charge in [-0.05, 0) is 24.6 Å². The molecular formula is C13H14ClF3N2S. The maximum absolute atomic E-state index is 12.5. The Labute approximate surface area is 124 Å². The molecule has 110 valence electrons. The molecular weight excluding hydrogens is 309 g/mol. The highest BCUT2D eigenvalue weighted by Gasteiger charge is 2.31. The predicted molar refractivity (Wildman–Crippen MR) is 78.7 cm³/mol. The largest absolute Gasteiger partial charge is 0.416 e. The first kappa shape index (κ1) is 15.5. The van der Waals surface area contributed by atoms with E-state index in [1.807, 2.05) is 0 Å². The summed E-state index contributed by atoms with van der Waals surface area (Å²) in [6, 6.07) is 3.27. The highest BCUT2D eigenvalue weighted by molar-refractivity contribution is 8.15. The summed E-state index contributed by atoms with van der Waals surface area (Å²) in [4.78, 5) is 4.33. The second kappa shape index (κ2) is 6.26. The third-order valence-electron chi connectivity index (χ3n) is 2.87. The minimum Gasteiger partial charge on any atom is -0.334 e. The fraction of sp³-hybridized carbons (Fsp3) is 0.462. The molecule has 1 atom stereocenters. The van der Waals surface area contributed by atoms with Gasteiger partial charge in [-0.3, -0.25) is 4.99 Å². The number of aliphatic imine (C=N–C) groups is 1. The third-order valence-corrected chi connectivity index (χ3v) is 4.35. The van der Waals surface area contributed by atoms with Crippen molar-refractivity contribution >= 4 is 34.2 Å². The smallest absolute Gasteiger partial charge is 0.334 e. The van der Waals surface area contributed by atoms with Gasteiger partial charge in [0.25, 0.3) is 0 Å². The molecule has 0 aliphatic carbocycles. The molecule has 1 unspecified atom stereocenters. The maximum Gasteiger partial charge on any atom is 0.416 e. The molecule has 1 aromatic rings. The fourth-order valence-corrected chi connectivity index (χ4v) is 3.23. The van der Waals surface area contributed by atoms with E-state index in [1.165, 1.54) is 6.07 Å². The molecule has 0 spiro atoms. The van der Waals surface area contributed by atoms with Gasteiger partial charge in [0.15, 0.2) is 5.17 Å². The van der Waals surface area contributed by atoms with Gasteiger partial charge in [0, 0.05) is 5.25 Å². The molecule has 0 amide bonds. The summed E-state index contributed by atoms with van der Waals surface area (Å²) in [5.41, 5.74) is -0.305. The molecule has 1 aliphatic rings. The Kier molecular flexibility index (Phi) is 4.86. The van der Waals surface area contributed by atoms with Gasteiger partial charge in [-0.2, -0.15) is 13.2 Å². The fourth-order valence-electron chi connectivity index (χ4n) is 1.87. The number of hydrogen-bond donors (Lipinski definition) is 1. The molecule has 1 aliphatic heterocycles. The van der Waals surface area contributed by atoms with E-state index in [0.717, 1.165) is 31.5 Å². The standard InChI is InChI=1S/C13H14ClF3N2S/c1-2-3-9-7-18-12(20-9)19-11-5-4-8(6-10(11)14)13(15,16)17/h4-6,9H,2-3,7H2,1H3,(H,18,19). The minimum atomic E-state index is -4.38. The average molecular weight is 323 g/mol. The first-order valence-electron chi connectivity index (χ1n) is 6.25. The minimum absolute atomic E-state index is 0.0436. The zero-order chi connectivity index (χ0) is 14.8. The average Bonchev–Trinajstić information content (AvgIpc) is 2.78. The van der Waals surface area contributed by atoms with Crippen LogP contribution in [0.1, 0.15) is 25.3 Å². The number of benzene rings is 1. The maximum atomic E-state index is 12.5. The molecule has 0 saturated carbocycles. The van der Waals surface area contributed by atoms with E-state index in [9.17, 15) is 13.2 Å². The van der Waals surface area contributed by atoms with Gasteiger partial charge in [-0.1, -0.05) is 36.7 Å². The molecule has 20 heavy (non-hydrogen) atoms. The summed E-state index contributed by atoms with van der Waals surface area (Å²) >= 11 is 7.49. The van der Waals surface area contributed by atoms with E-state index in [-0.39, 0.29) is 5.02 Å². The van der Waals surface area contributed by atoms with Gasteiger partial charge in [-0.15, -0.1) is 0 Å². The van der Waals surface area contributed by atoms with Crippen LogP contribution in [0.25, 0.3) is 0 Å². The molecule has 0 saturated heterocycles. The SMILES string of the molecule is CCCC1CN=C(Nc2ccc(C(F)(F)F)cc2Cl)S1. The van der Waals surface area contributed by atoms with Gasteiger partial charge in [-0.25, -0.2) is 0 Å². The lowest BCUT2D eigenvalue weighted by Gasteiger charge is -2.12. The lowest BCUT2D eigenvalue weighted by atomic mass is 10.2. The molecule has 1 N–H and O–H groups in total. The Morgan fingerprint density at radius 3 is 2.80 bits per heavy atom. The summed E-state index contributed by atoms with van der Waals surface area (Å²) in [7, 11) is 0. The first-order valence-corrected chi connectivity index (χ1v) is 7.50. The van der Waals surface area contributed by atoms with Crippen molar-refractivity contribution in [2.45, 2.75) is 31.2 Å². The zero-order valence-corrected chi connectivity index (χ0v) is 12.4. The molecule has 0 aromatic heterocycles. The molecule has 0 bridgehead atoms. The summed E-state index contributed by atoms with van der Waals surface area (Å²) in [5.74, 6) is 0. The number of hydrogen-bond acceptors (Lipinski definition) is 3. The summed E-state index contributed by atoms with van der Waals surface area (Å²) in [6.07, 6.45) is -2.23. The number of nitrogens with zero attached hydrogens (tertiary/aromatic N) is 1. The van der Waals surface area contributed by atoms with E-state index >= 15 is 0 Å². The van der Waals surface area contributed by atoms with Gasteiger partial charge < -0.3 is 5.32 Å². The third kappa shape index (κ3) is 3.82. The second-order valence-electron chi connectivity index (χ2n) is 4.49. The van der Waals surface area contributed by atoms with Crippen molar-refractivity contribution in [1.29, 1.82) is 0 Å².